The molecule has 0 aliphatic heterocycles. The van der Waals surface area contributed by atoms with Crippen molar-refractivity contribution < 1.29 is 14.2 Å². The molecular formula is C22H15FN2O2. The molecule has 0 radical (unpaired) electrons. The quantitative estimate of drug-likeness (QED) is 0.563. The summed E-state index contributed by atoms with van der Waals surface area (Å²) in [4.78, 5) is 0. The minimum Gasteiger partial charge on any atom is -0.506 e. The number of hydrogen-bond donors (Lipinski definition) is 1. The number of rotatable bonds is 4. The Morgan fingerprint density at radius 1 is 1.00 bits per heavy atom. The van der Waals surface area contributed by atoms with Gasteiger partial charge in [0.05, 0.1) is 23.3 Å². The highest BCUT2D eigenvalue weighted by molar-refractivity contribution is 5.88. The molecule has 1 aromatic heterocycles. The van der Waals surface area contributed by atoms with Crippen LogP contribution in [0.2, 0.25) is 0 Å². The molecule has 5 heteroatoms. The van der Waals surface area contributed by atoms with E-state index in [4.69, 9.17) is 10.00 Å². The second-order valence-corrected chi connectivity index (χ2v) is 6.14. The molecule has 27 heavy (non-hydrogen) atoms. The summed E-state index contributed by atoms with van der Waals surface area (Å²) in [5, 5.41) is 19.3. The molecule has 0 atom stereocenters. The number of ether oxygens (including phenoxy) is 1. The first-order valence-electron chi connectivity index (χ1n) is 8.36. The number of hydrogen-bond acceptors (Lipinski definition) is 3. The molecule has 4 rings (SSSR count). The predicted molar refractivity (Wildman–Crippen MR) is 100 cm³/mol. The molecule has 0 saturated carbocycles. The van der Waals surface area contributed by atoms with Crippen LogP contribution in [0.4, 0.5) is 4.39 Å². The summed E-state index contributed by atoms with van der Waals surface area (Å²) in [6, 6.07) is 21.1. The standard InChI is InChI=1S/C22H15FN2O2/c23-17-5-10-21-20(11-17)22(26)13-25(21)18-6-8-19(9-7-18)27-14-16-3-1-15(12-24)2-4-16/h1-11,13,26H,14H2. The van der Waals surface area contributed by atoms with Gasteiger partial charge in [0.2, 0.25) is 0 Å². The lowest BCUT2D eigenvalue weighted by molar-refractivity contribution is 0.306. The van der Waals surface area contributed by atoms with Crippen LogP contribution in [0.5, 0.6) is 11.5 Å². The summed E-state index contributed by atoms with van der Waals surface area (Å²) in [6.07, 6.45) is 1.57. The zero-order valence-corrected chi connectivity index (χ0v) is 14.3. The maximum atomic E-state index is 13.4. The van der Waals surface area contributed by atoms with Crippen molar-refractivity contribution in [1.29, 1.82) is 5.26 Å². The Kier molecular flexibility index (Phi) is 4.23. The highest BCUT2D eigenvalue weighted by atomic mass is 19.1. The Labute approximate surface area is 155 Å². The van der Waals surface area contributed by atoms with E-state index in [-0.39, 0.29) is 11.6 Å². The summed E-state index contributed by atoms with van der Waals surface area (Å²) < 4.78 is 21.0. The number of aromatic hydroxyl groups is 1. The fourth-order valence-electron chi connectivity index (χ4n) is 2.94. The van der Waals surface area contributed by atoms with Gasteiger partial charge in [0.15, 0.2) is 0 Å². The number of halogens is 1. The van der Waals surface area contributed by atoms with E-state index >= 15 is 0 Å². The zero-order valence-electron chi connectivity index (χ0n) is 14.3. The monoisotopic (exact) mass is 358 g/mol. The van der Waals surface area contributed by atoms with Gasteiger partial charge < -0.3 is 14.4 Å². The third-order valence-electron chi connectivity index (χ3n) is 4.35. The summed E-state index contributed by atoms with van der Waals surface area (Å²) in [7, 11) is 0. The Morgan fingerprint density at radius 3 is 2.44 bits per heavy atom. The average Bonchev–Trinajstić information content (AvgIpc) is 3.03. The first kappa shape index (κ1) is 16.7. The van der Waals surface area contributed by atoms with E-state index in [1.807, 2.05) is 36.4 Å². The van der Waals surface area contributed by atoms with E-state index in [1.54, 1.807) is 29.0 Å². The Bertz CT molecular complexity index is 1140. The molecule has 0 aliphatic rings. The smallest absolute Gasteiger partial charge is 0.141 e. The van der Waals surface area contributed by atoms with Crippen LogP contribution in [0.15, 0.2) is 72.9 Å². The third-order valence-corrected chi connectivity index (χ3v) is 4.35. The maximum Gasteiger partial charge on any atom is 0.141 e. The summed E-state index contributed by atoms with van der Waals surface area (Å²) in [5.41, 5.74) is 3.14. The predicted octanol–water partition coefficient (Wildman–Crippen LogP) is 4.93. The van der Waals surface area contributed by atoms with Gasteiger partial charge in [0, 0.05) is 11.1 Å². The molecular weight excluding hydrogens is 343 g/mol. The molecule has 0 amide bonds. The van der Waals surface area contributed by atoms with Crippen molar-refractivity contribution in [3.63, 3.8) is 0 Å². The van der Waals surface area contributed by atoms with Crippen LogP contribution in [-0.4, -0.2) is 9.67 Å². The second-order valence-electron chi connectivity index (χ2n) is 6.14. The van der Waals surface area contributed by atoms with E-state index in [0.717, 1.165) is 16.8 Å². The lowest BCUT2D eigenvalue weighted by atomic mass is 10.1. The van der Waals surface area contributed by atoms with Crippen molar-refractivity contribution in [2.75, 3.05) is 0 Å². The van der Waals surface area contributed by atoms with Crippen LogP contribution < -0.4 is 4.74 Å². The number of nitriles is 1. The zero-order chi connectivity index (χ0) is 18.8. The minimum atomic E-state index is -0.387. The van der Waals surface area contributed by atoms with Crippen molar-refractivity contribution in [3.8, 4) is 23.3 Å². The molecule has 4 aromatic rings. The maximum absolute atomic E-state index is 13.4. The highest BCUT2D eigenvalue weighted by Gasteiger charge is 2.10. The van der Waals surface area contributed by atoms with Gasteiger partial charge >= 0.3 is 0 Å². The van der Waals surface area contributed by atoms with E-state index in [2.05, 4.69) is 6.07 Å². The van der Waals surface area contributed by atoms with Gasteiger partial charge in [-0.25, -0.2) is 4.39 Å². The molecule has 0 saturated heterocycles. The van der Waals surface area contributed by atoms with Gasteiger partial charge in [0.1, 0.15) is 23.9 Å². The van der Waals surface area contributed by atoms with Crippen molar-refractivity contribution in [2.45, 2.75) is 6.61 Å². The van der Waals surface area contributed by atoms with Gasteiger partial charge in [-0.3, -0.25) is 0 Å². The van der Waals surface area contributed by atoms with Gasteiger partial charge in [-0.1, -0.05) is 12.1 Å². The summed E-state index contributed by atoms with van der Waals surface area (Å²) >= 11 is 0. The molecule has 0 spiro atoms. The second kappa shape index (κ2) is 6.85. The molecule has 0 bridgehead atoms. The lowest BCUT2D eigenvalue weighted by Crippen LogP contribution is -1.96. The topological polar surface area (TPSA) is 58.2 Å². The molecule has 0 unspecified atom stereocenters. The number of fused-ring (bicyclic) bond motifs is 1. The number of aromatic nitrogens is 1. The van der Waals surface area contributed by atoms with Crippen LogP contribution in [0.25, 0.3) is 16.6 Å². The average molecular weight is 358 g/mol. The largest absolute Gasteiger partial charge is 0.506 e. The van der Waals surface area contributed by atoms with Crippen LogP contribution in [0.3, 0.4) is 0 Å². The van der Waals surface area contributed by atoms with Crippen molar-refractivity contribution in [2.24, 2.45) is 0 Å². The van der Waals surface area contributed by atoms with E-state index in [0.29, 0.717) is 23.3 Å². The SMILES string of the molecule is N#Cc1ccc(COc2ccc(-n3cc(O)c4cc(F)ccc43)cc2)cc1. The van der Waals surface area contributed by atoms with Gasteiger partial charge in [0.25, 0.3) is 0 Å². The Morgan fingerprint density at radius 2 is 1.74 bits per heavy atom. The minimum absolute atomic E-state index is 0.0330. The first-order chi connectivity index (χ1) is 13.1. The Balaban J connectivity index is 1.53. The number of benzene rings is 3. The third kappa shape index (κ3) is 3.33. The molecule has 1 N–H and O–H groups in total. The van der Waals surface area contributed by atoms with Crippen LogP contribution in [-0.2, 0) is 6.61 Å². The van der Waals surface area contributed by atoms with Crippen molar-refractivity contribution >= 4 is 10.9 Å². The molecule has 1 heterocycles. The fraction of sp³-hybridized carbons (Fsp3) is 0.0455. The van der Waals surface area contributed by atoms with Gasteiger partial charge in [-0.05, 0) is 60.2 Å². The normalized spacial score (nSPS) is 10.7. The van der Waals surface area contributed by atoms with Gasteiger partial charge in [-0.2, -0.15) is 5.26 Å². The van der Waals surface area contributed by atoms with Crippen LogP contribution in [0.1, 0.15) is 11.1 Å². The van der Waals surface area contributed by atoms with E-state index in [1.165, 1.54) is 12.1 Å². The van der Waals surface area contributed by atoms with Crippen molar-refractivity contribution in [1.82, 2.24) is 4.57 Å². The molecule has 0 fully saturated rings. The van der Waals surface area contributed by atoms with E-state index < -0.39 is 0 Å². The Hall–Kier alpha value is -3.78. The van der Waals surface area contributed by atoms with Gasteiger partial charge in [-0.15, -0.1) is 0 Å². The van der Waals surface area contributed by atoms with E-state index in [9.17, 15) is 9.50 Å². The molecule has 132 valence electrons. The fourth-order valence-corrected chi connectivity index (χ4v) is 2.94. The van der Waals surface area contributed by atoms with Crippen molar-refractivity contribution in [3.05, 3.63) is 89.9 Å². The molecule has 4 nitrogen and oxygen atoms in total. The number of nitrogens with zero attached hydrogens (tertiary/aromatic N) is 2. The van der Waals surface area contributed by atoms with Crippen LogP contribution in [0, 0.1) is 17.1 Å². The molecule has 3 aromatic carbocycles. The van der Waals surface area contributed by atoms with Crippen LogP contribution >= 0.6 is 0 Å². The summed E-state index contributed by atoms with van der Waals surface area (Å²) in [5.74, 6) is 0.350. The first-order valence-corrected chi connectivity index (χ1v) is 8.36. The lowest BCUT2D eigenvalue weighted by Gasteiger charge is -2.09. The highest BCUT2D eigenvalue weighted by Crippen LogP contribution is 2.30. The molecule has 0 aliphatic carbocycles. The summed E-state index contributed by atoms with van der Waals surface area (Å²) in [6.45, 7) is 0.400.